The van der Waals surface area contributed by atoms with Crippen molar-refractivity contribution in [1.82, 2.24) is 9.97 Å². The van der Waals surface area contributed by atoms with Crippen LogP contribution < -0.4 is 10.0 Å². The number of nitrogens with one attached hydrogen (secondary N) is 1. The number of fused-ring (bicyclic) bond motifs is 1. The Morgan fingerprint density at radius 2 is 1.96 bits per heavy atom. The average Bonchev–Trinajstić information content (AvgIpc) is 2.55. The first kappa shape index (κ1) is 18.5. The van der Waals surface area contributed by atoms with Crippen molar-refractivity contribution in [3.63, 3.8) is 0 Å². The van der Waals surface area contributed by atoms with Gasteiger partial charge < -0.3 is 4.74 Å². The van der Waals surface area contributed by atoms with Crippen LogP contribution in [0.3, 0.4) is 0 Å². The normalized spacial score (nSPS) is 11.4. The van der Waals surface area contributed by atoms with E-state index in [-0.39, 0.29) is 5.82 Å². The van der Waals surface area contributed by atoms with E-state index in [0.717, 1.165) is 10.9 Å². The minimum atomic E-state index is -0.624. The van der Waals surface area contributed by atoms with Gasteiger partial charge in [0.05, 0.1) is 17.1 Å². The van der Waals surface area contributed by atoms with Crippen molar-refractivity contribution >= 4 is 22.7 Å². The maximum atomic E-state index is 13.8. The number of halogens is 1. The summed E-state index contributed by atoms with van der Waals surface area (Å²) in [5.41, 5.74) is 0.598. The molecule has 3 aromatic rings. The Morgan fingerprint density at radius 3 is 2.67 bits per heavy atom. The first-order valence-corrected chi connectivity index (χ1v) is 8.29. The third-order valence-electron chi connectivity index (χ3n) is 3.83. The number of carbonyl (C=O) groups is 1. The molecule has 0 aliphatic heterocycles. The van der Waals surface area contributed by atoms with Gasteiger partial charge >= 0.3 is 6.09 Å². The predicted octanol–water partition coefficient (Wildman–Crippen LogP) is 3.62. The van der Waals surface area contributed by atoms with Gasteiger partial charge in [-0.15, -0.1) is 0 Å². The third kappa shape index (κ3) is 4.11. The molecule has 0 aromatic carbocycles. The number of hydrogen-bond acceptors (Lipinski definition) is 5. The molecule has 3 rings (SSSR count). The lowest BCUT2D eigenvalue weighted by atomic mass is 10.1. The molecule has 7 nitrogen and oxygen atoms in total. The largest absolute Gasteiger partial charge is 0.444 e. The number of ether oxygens (including phenoxy) is 1. The summed E-state index contributed by atoms with van der Waals surface area (Å²) in [5.74, 6) is -0.171. The van der Waals surface area contributed by atoms with E-state index in [2.05, 4.69) is 15.3 Å². The van der Waals surface area contributed by atoms with E-state index in [9.17, 15) is 14.4 Å². The molecular formula is C19H20FN4O3+. The van der Waals surface area contributed by atoms with E-state index in [0.29, 0.717) is 27.6 Å². The molecule has 0 fully saturated rings. The Labute approximate surface area is 155 Å². The van der Waals surface area contributed by atoms with Gasteiger partial charge in [0.1, 0.15) is 17.2 Å². The van der Waals surface area contributed by atoms with Crippen LogP contribution >= 0.6 is 0 Å². The van der Waals surface area contributed by atoms with Crippen molar-refractivity contribution in [2.45, 2.75) is 33.3 Å². The van der Waals surface area contributed by atoms with Crippen molar-refractivity contribution < 1.29 is 23.9 Å². The highest BCUT2D eigenvalue weighted by Crippen LogP contribution is 2.25. The van der Waals surface area contributed by atoms with Crippen LogP contribution in [0.1, 0.15) is 26.3 Å². The standard InChI is InChI=1S/C19H19FN4O3/c1-11-14(8-21-9-15(11)20)16-5-12-7-22-17(6-13(12)10-24(16)26)23-18(25)27-19(2,3)4/h5-10H,1-4H3,(H-,22,23,25,26)/p+1. The minimum Gasteiger partial charge on any atom is -0.444 e. The second kappa shape index (κ2) is 6.79. The second-order valence-electron chi connectivity index (χ2n) is 7.12. The summed E-state index contributed by atoms with van der Waals surface area (Å²) in [7, 11) is 0. The first-order chi connectivity index (χ1) is 12.6. The number of rotatable bonds is 2. The van der Waals surface area contributed by atoms with E-state index in [1.54, 1.807) is 46.0 Å². The molecule has 0 radical (unpaired) electrons. The number of amides is 1. The fourth-order valence-corrected chi connectivity index (χ4v) is 2.56. The summed E-state index contributed by atoms with van der Waals surface area (Å²) in [6, 6.07) is 3.27. The van der Waals surface area contributed by atoms with Gasteiger partial charge in [-0.05, 0) is 33.8 Å². The molecule has 0 spiro atoms. The van der Waals surface area contributed by atoms with Crippen LogP contribution in [0.5, 0.6) is 0 Å². The smallest absolute Gasteiger partial charge is 0.413 e. The highest BCUT2D eigenvalue weighted by molar-refractivity contribution is 5.89. The van der Waals surface area contributed by atoms with Gasteiger partial charge in [0.25, 0.3) is 5.69 Å². The number of anilines is 1. The Bertz CT molecular complexity index is 1030. The summed E-state index contributed by atoms with van der Waals surface area (Å²) in [6.45, 7) is 6.91. The van der Waals surface area contributed by atoms with Crippen LogP contribution in [0.15, 0.2) is 36.9 Å². The molecule has 0 bridgehead atoms. The number of nitrogens with zero attached hydrogens (tertiary/aromatic N) is 3. The van der Waals surface area contributed by atoms with Crippen molar-refractivity contribution in [2.24, 2.45) is 0 Å². The summed E-state index contributed by atoms with van der Waals surface area (Å²) in [6.07, 6.45) is 4.99. The zero-order valence-electron chi connectivity index (χ0n) is 15.4. The van der Waals surface area contributed by atoms with Crippen LogP contribution in [0.25, 0.3) is 22.0 Å². The van der Waals surface area contributed by atoms with E-state index >= 15 is 0 Å². The molecule has 0 aliphatic carbocycles. The molecule has 8 heteroatoms. The van der Waals surface area contributed by atoms with Gasteiger partial charge in [-0.3, -0.25) is 15.5 Å². The van der Waals surface area contributed by atoms with Crippen LogP contribution in [-0.4, -0.2) is 26.9 Å². The maximum Gasteiger partial charge on any atom is 0.413 e. The molecule has 3 heterocycles. The summed E-state index contributed by atoms with van der Waals surface area (Å²) in [4.78, 5) is 19.9. The molecule has 140 valence electrons. The Balaban J connectivity index is 1.96. The summed E-state index contributed by atoms with van der Waals surface area (Å²) >= 11 is 0. The monoisotopic (exact) mass is 371 g/mol. The van der Waals surface area contributed by atoms with Gasteiger partial charge in [-0.2, -0.15) is 0 Å². The predicted molar refractivity (Wildman–Crippen MR) is 96.9 cm³/mol. The Kier molecular flexibility index (Phi) is 4.65. The summed E-state index contributed by atoms with van der Waals surface area (Å²) < 4.78 is 19.9. The molecule has 3 aromatic heterocycles. The zero-order chi connectivity index (χ0) is 19.8. The lowest BCUT2D eigenvalue weighted by Gasteiger charge is -2.19. The second-order valence-corrected chi connectivity index (χ2v) is 7.12. The van der Waals surface area contributed by atoms with Crippen molar-refractivity contribution in [2.75, 3.05) is 5.32 Å². The molecule has 0 saturated carbocycles. The lowest BCUT2D eigenvalue weighted by molar-refractivity contribution is -0.895. The van der Waals surface area contributed by atoms with Gasteiger partial charge in [0.2, 0.25) is 6.20 Å². The molecule has 0 atom stereocenters. The van der Waals surface area contributed by atoms with Gasteiger partial charge in [-0.25, -0.2) is 14.2 Å². The fraction of sp³-hybridized carbons (Fsp3) is 0.263. The molecule has 2 N–H and O–H groups in total. The number of aromatic nitrogens is 3. The van der Waals surface area contributed by atoms with Crippen LogP contribution in [-0.2, 0) is 4.74 Å². The van der Waals surface area contributed by atoms with Crippen molar-refractivity contribution in [3.8, 4) is 11.3 Å². The van der Waals surface area contributed by atoms with Crippen molar-refractivity contribution in [3.05, 3.63) is 48.3 Å². The van der Waals surface area contributed by atoms with Gasteiger partial charge in [0.15, 0.2) is 0 Å². The lowest BCUT2D eigenvalue weighted by Crippen LogP contribution is -2.32. The van der Waals surface area contributed by atoms with E-state index in [1.165, 1.54) is 12.4 Å². The topological polar surface area (TPSA) is 88.2 Å². The van der Waals surface area contributed by atoms with E-state index in [4.69, 9.17) is 4.74 Å². The van der Waals surface area contributed by atoms with Gasteiger partial charge in [0, 0.05) is 34.1 Å². The quantitative estimate of drug-likeness (QED) is 0.531. The number of carbonyl (C=O) groups excluding carboxylic acids is 1. The number of pyridine rings is 3. The van der Waals surface area contributed by atoms with E-state index < -0.39 is 17.5 Å². The molecule has 1 amide bonds. The third-order valence-corrected chi connectivity index (χ3v) is 3.83. The highest BCUT2D eigenvalue weighted by Gasteiger charge is 2.20. The van der Waals surface area contributed by atoms with Crippen LogP contribution in [0.4, 0.5) is 15.0 Å². The van der Waals surface area contributed by atoms with Crippen LogP contribution in [0.2, 0.25) is 0 Å². The molecule has 0 saturated heterocycles. The van der Waals surface area contributed by atoms with Crippen molar-refractivity contribution in [1.29, 1.82) is 0 Å². The SMILES string of the molecule is Cc1c(F)cncc1-c1cc2cnc(NC(=O)OC(C)(C)C)cc2c[n+]1O. The van der Waals surface area contributed by atoms with Crippen LogP contribution in [0, 0.1) is 12.7 Å². The molecule has 0 unspecified atom stereocenters. The average molecular weight is 371 g/mol. The molecule has 0 aliphatic rings. The number of hydrogen-bond donors (Lipinski definition) is 2. The first-order valence-electron chi connectivity index (χ1n) is 8.29. The maximum absolute atomic E-state index is 13.8. The summed E-state index contributed by atoms with van der Waals surface area (Å²) in [5, 5.41) is 14.2. The minimum absolute atomic E-state index is 0.285. The fourth-order valence-electron chi connectivity index (χ4n) is 2.56. The highest BCUT2D eigenvalue weighted by atomic mass is 19.1. The molecular weight excluding hydrogens is 351 g/mol. The molecule has 27 heavy (non-hydrogen) atoms. The Hall–Kier alpha value is -3.29. The van der Waals surface area contributed by atoms with E-state index in [1.807, 2.05) is 0 Å². The Morgan fingerprint density at radius 1 is 1.22 bits per heavy atom. The zero-order valence-corrected chi connectivity index (χ0v) is 15.4. The van der Waals surface area contributed by atoms with Gasteiger partial charge in [-0.1, -0.05) is 0 Å².